The molecule has 0 spiro atoms. The monoisotopic (exact) mass is 395 g/mol. The van der Waals surface area contributed by atoms with Crippen LogP contribution in [0.15, 0.2) is 10.2 Å². The minimum absolute atomic E-state index is 0.244. The van der Waals surface area contributed by atoms with Crippen LogP contribution < -0.4 is 4.90 Å². The van der Waals surface area contributed by atoms with Gasteiger partial charge in [-0.05, 0) is 24.7 Å². The number of likely N-dealkylation sites (tertiary alicyclic amines) is 1. The molecule has 0 radical (unpaired) electrons. The van der Waals surface area contributed by atoms with Gasteiger partial charge in [0.05, 0.1) is 24.2 Å². The van der Waals surface area contributed by atoms with E-state index in [1.807, 2.05) is 22.5 Å². The Hall–Kier alpha value is -0.830. The van der Waals surface area contributed by atoms with Crippen LogP contribution in [0.3, 0.4) is 0 Å². The average Bonchev–Trinajstić information content (AvgIpc) is 3.26. The number of rotatable bonds is 4. The first-order valence-corrected chi connectivity index (χ1v) is 11.8. The van der Waals surface area contributed by atoms with Crippen LogP contribution >= 0.6 is 34.9 Å². The van der Waals surface area contributed by atoms with Gasteiger partial charge in [-0.1, -0.05) is 23.5 Å². The van der Waals surface area contributed by atoms with Gasteiger partial charge in [0, 0.05) is 24.9 Å². The molecule has 0 aromatic carbocycles. The number of nitrogens with zero attached hydrogens (tertiary/aromatic N) is 3. The third-order valence-electron chi connectivity index (χ3n) is 4.92. The summed E-state index contributed by atoms with van der Waals surface area (Å²) in [6.45, 7) is 4.05. The number of thioether (sulfide) groups is 2. The molecule has 1 N–H and O–H groups in total. The summed E-state index contributed by atoms with van der Waals surface area (Å²) in [5.74, 6) is 0.726. The Morgan fingerprint density at radius 1 is 1.32 bits per heavy atom. The summed E-state index contributed by atoms with van der Waals surface area (Å²) < 4.78 is 0. The molecule has 1 atom stereocenters. The minimum atomic E-state index is 0.244. The Bertz CT molecular complexity index is 801. The lowest BCUT2D eigenvalue weighted by atomic mass is 10.1. The first-order valence-electron chi connectivity index (χ1n) is 8.74. The van der Waals surface area contributed by atoms with Crippen molar-refractivity contribution >= 4 is 51.0 Å². The number of thiophene rings is 1. The van der Waals surface area contributed by atoms with Crippen LogP contribution in [0.4, 0.5) is 0 Å². The molecule has 1 unspecified atom stereocenters. The highest BCUT2D eigenvalue weighted by Gasteiger charge is 2.26. The highest BCUT2D eigenvalue weighted by Crippen LogP contribution is 2.38. The molecular formula is C17H23N4OS3+. The van der Waals surface area contributed by atoms with Crippen molar-refractivity contribution in [3.8, 4) is 0 Å². The molecule has 4 heterocycles. The minimum Gasteiger partial charge on any atom is -0.342 e. The van der Waals surface area contributed by atoms with Gasteiger partial charge in [0.2, 0.25) is 5.91 Å². The van der Waals surface area contributed by atoms with Crippen molar-refractivity contribution in [3.63, 3.8) is 0 Å². The second-order valence-corrected chi connectivity index (χ2v) is 9.53. The molecule has 0 bridgehead atoms. The molecule has 2 aromatic heterocycles. The summed E-state index contributed by atoms with van der Waals surface area (Å²) in [6.07, 6.45) is 5.37. The predicted octanol–water partition coefficient (Wildman–Crippen LogP) is 1.70. The van der Waals surface area contributed by atoms with Gasteiger partial charge in [-0.2, -0.15) is 0 Å². The van der Waals surface area contributed by atoms with E-state index in [0.29, 0.717) is 5.75 Å². The topological polar surface area (TPSA) is 50.5 Å². The molecule has 134 valence electrons. The van der Waals surface area contributed by atoms with Crippen molar-refractivity contribution in [2.75, 3.05) is 38.7 Å². The molecule has 1 amide bonds. The van der Waals surface area contributed by atoms with Gasteiger partial charge < -0.3 is 9.80 Å². The van der Waals surface area contributed by atoms with E-state index < -0.39 is 0 Å². The van der Waals surface area contributed by atoms with Crippen molar-refractivity contribution in [3.05, 3.63) is 10.4 Å². The number of carbonyl (C=O) groups excluding carboxylic acids is 1. The number of amides is 1. The SMILES string of the molecule is CSc1nc(SCC(=O)N2CCCC2)c2c3c(sc2n1)C[NH+](C)CC3. The van der Waals surface area contributed by atoms with E-state index in [1.54, 1.807) is 28.4 Å². The van der Waals surface area contributed by atoms with Gasteiger partial charge in [0.25, 0.3) is 0 Å². The molecule has 1 saturated heterocycles. The zero-order valence-electron chi connectivity index (χ0n) is 14.6. The van der Waals surface area contributed by atoms with E-state index in [0.717, 1.165) is 60.5 Å². The summed E-state index contributed by atoms with van der Waals surface area (Å²) in [5, 5.41) is 3.02. The Morgan fingerprint density at radius 2 is 2.12 bits per heavy atom. The van der Waals surface area contributed by atoms with Crippen molar-refractivity contribution < 1.29 is 9.69 Å². The van der Waals surface area contributed by atoms with Crippen LogP contribution in [0.1, 0.15) is 23.3 Å². The fourth-order valence-electron chi connectivity index (χ4n) is 3.54. The maximum Gasteiger partial charge on any atom is 0.232 e. The van der Waals surface area contributed by atoms with Crippen LogP contribution in [-0.2, 0) is 17.8 Å². The zero-order chi connectivity index (χ0) is 17.4. The quantitative estimate of drug-likeness (QED) is 0.485. The molecule has 0 aliphatic carbocycles. The second kappa shape index (κ2) is 7.42. The molecule has 8 heteroatoms. The lowest BCUT2D eigenvalue weighted by molar-refractivity contribution is -0.895. The van der Waals surface area contributed by atoms with E-state index in [4.69, 9.17) is 9.97 Å². The lowest BCUT2D eigenvalue weighted by Crippen LogP contribution is -3.08. The third kappa shape index (κ3) is 3.54. The normalized spacial score (nSPS) is 20.2. The van der Waals surface area contributed by atoms with Crippen molar-refractivity contribution in [1.82, 2.24) is 14.9 Å². The summed E-state index contributed by atoms with van der Waals surface area (Å²) >= 11 is 4.98. The highest BCUT2D eigenvalue weighted by atomic mass is 32.2. The third-order valence-corrected chi connectivity index (χ3v) is 7.55. The smallest absolute Gasteiger partial charge is 0.232 e. The van der Waals surface area contributed by atoms with Crippen molar-refractivity contribution in [2.24, 2.45) is 0 Å². The number of carbonyl (C=O) groups is 1. The maximum atomic E-state index is 12.4. The lowest BCUT2D eigenvalue weighted by Gasteiger charge is -2.19. The van der Waals surface area contributed by atoms with Crippen molar-refractivity contribution in [1.29, 1.82) is 0 Å². The summed E-state index contributed by atoms with van der Waals surface area (Å²) in [5.41, 5.74) is 1.43. The van der Waals surface area contributed by atoms with Gasteiger partial charge in [0.15, 0.2) is 5.16 Å². The highest BCUT2D eigenvalue weighted by molar-refractivity contribution is 8.00. The number of nitrogens with one attached hydrogen (secondary N) is 1. The standard InChI is InChI=1S/C17H22N4OS3/c1-20-8-5-11-12(9-20)25-16-14(11)15(18-17(19-16)23-2)24-10-13(22)21-6-3-4-7-21/h3-10H2,1-2H3/p+1. The van der Waals surface area contributed by atoms with E-state index in [9.17, 15) is 4.79 Å². The number of likely N-dealkylation sites (N-methyl/N-ethyl adjacent to an activating group) is 1. The van der Waals surface area contributed by atoms with Crippen LogP contribution in [0.2, 0.25) is 0 Å². The van der Waals surface area contributed by atoms with Gasteiger partial charge in [-0.3, -0.25) is 4.79 Å². The van der Waals surface area contributed by atoms with Crippen LogP contribution in [0.25, 0.3) is 10.2 Å². The first-order chi connectivity index (χ1) is 12.2. The Morgan fingerprint density at radius 3 is 2.88 bits per heavy atom. The Kier molecular flexibility index (Phi) is 5.22. The second-order valence-electron chi connectivity index (χ2n) is 6.71. The number of fused-ring (bicyclic) bond motifs is 3. The number of hydrogen-bond donors (Lipinski definition) is 1. The molecule has 5 nitrogen and oxygen atoms in total. The first kappa shape index (κ1) is 17.6. The van der Waals surface area contributed by atoms with E-state index >= 15 is 0 Å². The summed E-state index contributed by atoms with van der Waals surface area (Å²) in [6, 6.07) is 0. The molecule has 4 rings (SSSR count). The molecule has 2 aliphatic heterocycles. The summed E-state index contributed by atoms with van der Waals surface area (Å²) in [7, 11) is 2.25. The largest absolute Gasteiger partial charge is 0.342 e. The molecule has 2 aliphatic rings. The van der Waals surface area contributed by atoms with E-state index in [1.165, 1.54) is 15.8 Å². The van der Waals surface area contributed by atoms with Gasteiger partial charge in [-0.15, -0.1) is 11.3 Å². The predicted molar refractivity (Wildman–Crippen MR) is 105 cm³/mol. The zero-order valence-corrected chi connectivity index (χ0v) is 17.1. The van der Waals surface area contributed by atoms with Gasteiger partial charge in [-0.25, -0.2) is 9.97 Å². The van der Waals surface area contributed by atoms with E-state index in [-0.39, 0.29) is 5.91 Å². The molecular weight excluding hydrogens is 372 g/mol. The number of hydrogen-bond acceptors (Lipinski definition) is 6. The van der Waals surface area contributed by atoms with Gasteiger partial charge >= 0.3 is 0 Å². The van der Waals surface area contributed by atoms with Crippen molar-refractivity contribution in [2.45, 2.75) is 36.0 Å². The maximum absolute atomic E-state index is 12.4. The molecule has 0 saturated carbocycles. The van der Waals surface area contributed by atoms with E-state index in [2.05, 4.69) is 7.05 Å². The average molecular weight is 396 g/mol. The Labute approximate surface area is 160 Å². The van der Waals surface area contributed by atoms with Crippen LogP contribution in [0, 0.1) is 0 Å². The van der Waals surface area contributed by atoms with Gasteiger partial charge in [0.1, 0.15) is 16.4 Å². The van der Waals surface area contributed by atoms with Crippen LogP contribution in [-0.4, -0.2) is 59.5 Å². The molecule has 2 aromatic rings. The number of quaternary nitrogens is 1. The molecule has 1 fully saturated rings. The number of aromatic nitrogens is 2. The fraction of sp³-hybridized carbons (Fsp3) is 0.588. The fourth-order valence-corrected chi connectivity index (χ4v) is 6.38. The molecule has 25 heavy (non-hydrogen) atoms. The Balaban J connectivity index is 1.65. The summed E-state index contributed by atoms with van der Waals surface area (Å²) in [4.78, 5) is 28.0. The van der Waals surface area contributed by atoms with Crippen LogP contribution in [0.5, 0.6) is 0 Å².